The Morgan fingerprint density at radius 1 is 0.704 bits per heavy atom. The van der Waals surface area contributed by atoms with Crippen molar-refractivity contribution >= 4 is 0 Å². The Bertz CT molecular complexity index is 488. The average molecular weight is 489 g/mol. The average Bonchev–Trinajstić information content (AvgIpc) is 3.08. The Morgan fingerprint density at radius 2 is 1.00 bits per heavy atom. The SMILES string of the molecule is CCCC1=[C-]CC(C(C)(C)C)=C1.CCCC1=[C-]CC(C(C)(C)C)=C1.[Cl-].[Cl-].[Zr+4]. The molecule has 27 heavy (non-hydrogen) atoms. The van der Waals surface area contributed by atoms with Gasteiger partial charge < -0.3 is 24.8 Å². The molecule has 0 unspecified atom stereocenters. The first-order chi connectivity index (χ1) is 11.1. The van der Waals surface area contributed by atoms with Gasteiger partial charge in [-0.3, -0.25) is 12.2 Å². The smallest absolute Gasteiger partial charge is 1.00 e. The molecule has 0 fully saturated rings. The summed E-state index contributed by atoms with van der Waals surface area (Å²) >= 11 is 0. The van der Waals surface area contributed by atoms with Gasteiger partial charge in [0.1, 0.15) is 0 Å². The normalized spacial score (nSPS) is 15.7. The fraction of sp³-hybridized carbons (Fsp3) is 0.667. The first kappa shape index (κ1) is 32.1. The quantitative estimate of drug-likeness (QED) is 0.530. The topological polar surface area (TPSA) is 0 Å². The van der Waals surface area contributed by atoms with Gasteiger partial charge in [0.15, 0.2) is 0 Å². The van der Waals surface area contributed by atoms with Crippen LogP contribution in [0.3, 0.4) is 0 Å². The van der Waals surface area contributed by atoms with Gasteiger partial charge in [0.25, 0.3) is 0 Å². The van der Waals surface area contributed by atoms with E-state index in [1.54, 1.807) is 0 Å². The number of allylic oxidation sites excluding steroid dienone is 8. The fourth-order valence-corrected chi connectivity index (χ4v) is 2.87. The zero-order valence-corrected chi connectivity index (χ0v) is 22.6. The third-order valence-corrected chi connectivity index (χ3v) is 4.67. The molecule has 0 spiro atoms. The molecule has 0 amide bonds. The van der Waals surface area contributed by atoms with Gasteiger partial charge in [-0.25, -0.2) is 23.3 Å². The molecule has 0 bridgehead atoms. The molecule has 0 N–H and O–H groups in total. The monoisotopic (exact) mass is 486 g/mol. The summed E-state index contributed by atoms with van der Waals surface area (Å²) < 4.78 is 0. The molecule has 0 radical (unpaired) electrons. The van der Waals surface area contributed by atoms with Gasteiger partial charge in [0.2, 0.25) is 0 Å². The molecule has 2 aliphatic carbocycles. The van der Waals surface area contributed by atoms with Crippen LogP contribution in [0.25, 0.3) is 0 Å². The predicted molar refractivity (Wildman–Crippen MR) is 108 cm³/mol. The minimum absolute atomic E-state index is 0. The minimum atomic E-state index is 0. The molecule has 152 valence electrons. The molecule has 2 aliphatic rings. The summed E-state index contributed by atoms with van der Waals surface area (Å²) in [4.78, 5) is 0. The van der Waals surface area contributed by atoms with Crippen molar-refractivity contribution in [3.8, 4) is 0 Å². The van der Waals surface area contributed by atoms with E-state index in [2.05, 4.69) is 79.7 Å². The van der Waals surface area contributed by atoms with E-state index >= 15 is 0 Å². The Balaban J connectivity index is -0.000000384. The van der Waals surface area contributed by atoms with Crippen LogP contribution in [-0.4, -0.2) is 0 Å². The summed E-state index contributed by atoms with van der Waals surface area (Å²) in [5.41, 5.74) is 6.58. The zero-order chi connectivity index (χ0) is 18.4. The Labute approximate surface area is 201 Å². The molecule has 0 nitrogen and oxygen atoms in total. The molecule has 0 saturated heterocycles. The van der Waals surface area contributed by atoms with E-state index < -0.39 is 0 Å². The summed E-state index contributed by atoms with van der Waals surface area (Å²) in [7, 11) is 0. The van der Waals surface area contributed by atoms with Crippen molar-refractivity contribution in [1.82, 2.24) is 0 Å². The van der Waals surface area contributed by atoms with E-state index in [4.69, 9.17) is 0 Å². The Hall–Kier alpha value is 0.423. The molecule has 0 aromatic rings. The molecule has 2 rings (SSSR count). The van der Waals surface area contributed by atoms with Crippen LogP contribution in [0.1, 0.15) is 93.9 Å². The Kier molecular flexibility index (Phi) is 17.1. The molecule has 3 heteroatoms. The molecule has 0 aromatic heterocycles. The third-order valence-electron chi connectivity index (χ3n) is 4.67. The fourth-order valence-electron chi connectivity index (χ4n) is 2.87. The first-order valence-electron chi connectivity index (χ1n) is 9.69. The van der Waals surface area contributed by atoms with Crippen LogP contribution in [0.5, 0.6) is 0 Å². The first-order valence-corrected chi connectivity index (χ1v) is 9.69. The standard InChI is InChI=1S/2C12H19.2ClH.Zr/c2*1-5-6-10-7-8-11(9-10)12(2,3)4;;;/h2*9H,5-6,8H2,1-4H3;2*1H;/q2*-1;;;+4/p-2. The van der Waals surface area contributed by atoms with E-state index in [1.807, 2.05) is 0 Å². The van der Waals surface area contributed by atoms with Gasteiger partial charge >= 0.3 is 26.2 Å². The van der Waals surface area contributed by atoms with Crippen LogP contribution >= 0.6 is 0 Å². The second-order valence-electron chi connectivity index (χ2n) is 9.10. The second-order valence-corrected chi connectivity index (χ2v) is 9.10. The Morgan fingerprint density at radius 3 is 1.19 bits per heavy atom. The zero-order valence-electron chi connectivity index (χ0n) is 18.7. The van der Waals surface area contributed by atoms with E-state index in [-0.39, 0.29) is 51.0 Å². The summed E-state index contributed by atoms with van der Waals surface area (Å²) in [6.07, 6.45) is 18.5. The van der Waals surface area contributed by atoms with Crippen molar-refractivity contribution in [3.63, 3.8) is 0 Å². The molecule has 0 aliphatic heterocycles. The van der Waals surface area contributed by atoms with Crippen LogP contribution < -0.4 is 24.8 Å². The molecule has 0 saturated carbocycles. The van der Waals surface area contributed by atoms with Crippen LogP contribution in [0.15, 0.2) is 34.4 Å². The molecule has 0 heterocycles. The second kappa shape index (κ2) is 14.4. The van der Waals surface area contributed by atoms with Crippen molar-refractivity contribution in [1.29, 1.82) is 0 Å². The van der Waals surface area contributed by atoms with Crippen LogP contribution in [0.4, 0.5) is 0 Å². The van der Waals surface area contributed by atoms with Crippen molar-refractivity contribution < 1.29 is 51.0 Å². The molecular weight excluding hydrogens is 450 g/mol. The van der Waals surface area contributed by atoms with Gasteiger partial charge in [0, 0.05) is 0 Å². The van der Waals surface area contributed by atoms with Crippen molar-refractivity contribution in [2.24, 2.45) is 10.8 Å². The van der Waals surface area contributed by atoms with Crippen LogP contribution in [0, 0.1) is 23.0 Å². The number of rotatable bonds is 4. The summed E-state index contributed by atoms with van der Waals surface area (Å²) in [5, 5.41) is 0. The van der Waals surface area contributed by atoms with Crippen molar-refractivity contribution in [2.75, 3.05) is 0 Å². The number of hydrogen-bond acceptors (Lipinski definition) is 0. The van der Waals surface area contributed by atoms with Crippen molar-refractivity contribution in [3.05, 3.63) is 46.6 Å². The summed E-state index contributed by atoms with van der Waals surface area (Å²) in [6, 6.07) is 0. The maximum absolute atomic E-state index is 3.44. The minimum Gasteiger partial charge on any atom is -1.00 e. The van der Waals surface area contributed by atoms with Crippen LogP contribution in [0.2, 0.25) is 0 Å². The van der Waals surface area contributed by atoms with Gasteiger partial charge in [-0.15, -0.1) is 12.8 Å². The van der Waals surface area contributed by atoms with E-state index in [1.165, 1.54) is 48.0 Å². The van der Waals surface area contributed by atoms with Gasteiger partial charge in [-0.1, -0.05) is 81.1 Å². The van der Waals surface area contributed by atoms with Gasteiger partial charge in [0.05, 0.1) is 0 Å². The number of hydrogen-bond donors (Lipinski definition) is 0. The van der Waals surface area contributed by atoms with Crippen molar-refractivity contribution in [2.45, 2.75) is 93.9 Å². The molecule has 0 atom stereocenters. The maximum Gasteiger partial charge on any atom is 4.00 e. The number of halogens is 2. The van der Waals surface area contributed by atoms with E-state index in [9.17, 15) is 0 Å². The molecular formula is C24H38Cl2Zr. The predicted octanol–water partition coefficient (Wildman–Crippen LogP) is 1.79. The maximum atomic E-state index is 3.44. The van der Waals surface area contributed by atoms with E-state index in [0.717, 1.165) is 12.8 Å². The largest absolute Gasteiger partial charge is 4.00 e. The van der Waals surface area contributed by atoms with Gasteiger partial charge in [-0.05, 0) is 10.8 Å². The van der Waals surface area contributed by atoms with Gasteiger partial charge in [-0.2, -0.15) is 11.1 Å². The third kappa shape index (κ3) is 11.9. The summed E-state index contributed by atoms with van der Waals surface area (Å²) in [6.45, 7) is 18.1. The molecule has 0 aromatic carbocycles. The van der Waals surface area contributed by atoms with Crippen LogP contribution in [-0.2, 0) is 26.2 Å². The van der Waals surface area contributed by atoms with E-state index in [0.29, 0.717) is 10.8 Å². The summed E-state index contributed by atoms with van der Waals surface area (Å²) in [5.74, 6) is 0.